The molecule has 2 N–H and O–H groups in total. The summed E-state index contributed by atoms with van der Waals surface area (Å²) in [6.07, 6.45) is 0. The lowest BCUT2D eigenvalue weighted by molar-refractivity contribution is 0.251. The van der Waals surface area contributed by atoms with Crippen molar-refractivity contribution >= 4 is 11.7 Å². The highest BCUT2D eigenvalue weighted by molar-refractivity contribution is 5.90. The zero-order chi connectivity index (χ0) is 19.6. The Morgan fingerprint density at radius 1 is 0.963 bits per heavy atom. The van der Waals surface area contributed by atoms with Crippen LogP contribution < -0.4 is 10.6 Å². The summed E-state index contributed by atoms with van der Waals surface area (Å²) in [6.45, 7) is 10.8. The van der Waals surface area contributed by atoms with Crippen molar-refractivity contribution in [3.8, 4) is 5.69 Å². The zero-order valence-corrected chi connectivity index (χ0v) is 16.7. The summed E-state index contributed by atoms with van der Waals surface area (Å²) in [5.74, 6) is 0. The van der Waals surface area contributed by atoms with E-state index >= 15 is 0 Å². The number of rotatable bonds is 4. The number of nitrogens with one attached hydrogen (secondary N) is 2. The van der Waals surface area contributed by atoms with Crippen molar-refractivity contribution in [2.24, 2.45) is 0 Å². The standard InChI is InChI=1S/C23H27N3O/c1-15-9-11-21(12-10-15)26-17(3)13-20(19(26)5)14-24-23(27)25-22-8-6-7-16(2)18(22)4/h6-13H,14H2,1-5H3,(H2,24,25,27). The van der Waals surface area contributed by atoms with Crippen LogP contribution in [0.5, 0.6) is 0 Å². The molecule has 0 aliphatic rings. The van der Waals surface area contributed by atoms with Crippen molar-refractivity contribution in [2.45, 2.75) is 41.2 Å². The van der Waals surface area contributed by atoms with Gasteiger partial charge in [-0.2, -0.15) is 0 Å². The first-order valence-corrected chi connectivity index (χ1v) is 9.22. The van der Waals surface area contributed by atoms with Crippen LogP contribution in [-0.2, 0) is 6.54 Å². The molecule has 3 aromatic rings. The maximum absolute atomic E-state index is 12.3. The van der Waals surface area contributed by atoms with Crippen LogP contribution in [0.25, 0.3) is 5.69 Å². The Balaban J connectivity index is 1.71. The molecule has 0 aliphatic carbocycles. The van der Waals surface area contributed by atoms with Crippen LogP contribution in [0.4, 0.5) is 10.5 Å². The average Bonchev–Trinajstić information content (AvgIpc) is 2.92. The van der Waals surface area contributed by atoms with Gasteiger partial charge in [0.25, 0.3) is 0 Å². The van der Waals surface area contributed by atoms with Crippen molar-refractivity contribution in [3.63, 3.8) is 0 Å². The van der Waals surface area contributed by atoms with E-state index in [9.17, 15) is 4.79 Å². The number of urea groups is 1. The van der Waals surface area contributed by atoms with Crippen LogP contribution in [-0.4, -0.2) is 10.6 Å². The fourth-order valence-electron chi connectivity index (χ4n) is 3.33. The first-order valence-electron chi connectivity index (χ1n) is 9.22. The van der Waals surface area contributed by atoms with E-state index in [4.69, 9.17) is 0 Å². The molecule has 0 aliphatic heterocycles. The van der Waals surface area contributed by atoms with Gasteiger partial charge >= 0.3 is 6.03 Å². The van der Waals surface area contributed by atoms with Gasteiger partial charge in [-0.05, 0) is 75.6 Å². The van der Waals surface area contributed by atoms with Gasteiger partial charge in [0, 0.05) is 29.3 Å². The van der Waals surface area contributed by atoms with Crippen molar-refractivity contribution in [3.05, 3.63) is 82.2 Å². The van der Waals surface area contributed by atoms with Crippen LogP contribution >= 0.6 is 0 Å². The van der Waals surface area contributed by atoms with Gasteiger partial charge in [0.15, 0.2) is 0 Å². The maximum Gasteiger partial charge on any atom is 0.319 e. The molecule has 0 unspecified atom stereocenters. The van der Waals surface area contributed by atoms with Crippen molar-refractivity contribution < 1.29 is 4.79 Å². The second-order valence-corrected chi connectivity index (χ2v) is 7.12. The minimum Gasteiger partial charge on any atom is -0.334 e. The molecule has 27 heavy (non-hydrogen) atoms. The van der Waals surface area contributed by atoms with E-state index in [0.717, 1.165) is 39.5 Å². The molecular weight excluding hydrogens is 334 g/mol. The lowest BCUT2D eigenvalue weighted by Gasteiger charge is -2.12. The second kappa shape index (κ2) is 7.70. The number of amides is 2. The lowest BCUT2D eigenvalue weighted by Crippen LogP contribution is -2.28. The fourth-order valence-corrected chi connectivity index (χ4v) is 3.33. The van der Waals surface area contributed by atoms with Crippen LogP contribution in [0.15, 0.2) is 48.5 Å². The molecule has 0 fully saturated rings. The Labute approximate surface area is 161 Å². The highest BCUT2D eigenvalue weighted by atomic mass is 16.2. The maximum atomic E-state index is 12.3. The predicted molar refractivity (Wildman–Crippen MR) is 112 cm³/mol. The average molecular weight is 361 g/mol. The number of aromatic nitrogens is 1. The monoisotopic (exact) mass is 361 g/mol. The third-order valence-corrected chi connectivity index (χ3v) is 5.12. The molecule has 0 spiro atoms. The SMILES string of the molecule is Cc1ccc(-n2c(C)cc(CNC(=O)Nc3cccc(C)c3C)c2C)cc1. The van der Waals surface area contributed by atoms with E-state index in [-0.39, 0.29) is 6.03 Å². The highest BCUT2D eigenvalue weighted by Gasteiger charge is 2.12. The minimum absolute atomic E-state index is 0.191. The van der Waals surface area contributed by atoms with Crippen molar-refractivity contribution in [2.75, 3.05) is 5.32 Å². The first kappa shape index (κ1) is 18.8. The van der Waals surface area contributed by atoms with E-state index in [1.165, 1.54) is 5.56 Å². The molecule has 140 valence electrons. The number of aryl methyl sites for hydroxylation is 3. The molecule has 3 rings (SSSR count). The number of anilines is 1. The van der Waals surface area contributed by atoms with E-state index in [1.807, 2.05) is 32.0 Å². The number of carbonyl (C=O) groups is 1. The largest absolute Gasteiger partial charge is 0.334 e. The van der Waals surface area contributed by atoms with Gasteiger partial charge in [0.2, 0.25) is 0 Å². The van der Waals surface area contributed by atoms with Crippen molar-refractivity contribution in [1.82, 2.24) is 9.88 Å². The topological polar surface area (TPSA) is 46.1 Å². The molecule has 0 bridgehead atoms. The van der Waals surface area contributed by atoms with Gasteiger partial charge in [0.1, 0.15) is 0 Å². The molecular formula is C23H27N3O. The number of hydrogen-bond donors (Lipinski definition) is 2. The summed E-state index contributed by atoms with van der Waals surface area (Å²) in [7, 11) is 0. The van der Waals surface area contributed by atoms with Gasteiger partial charge in [-0.3, -0.25) is 0 Å². The Bertz CT molecular complexity index is 968. The Kier molecular flexibility index (Phi) is 5.36. The smallest absolute Gasteiger partial charge is 0.319 e. The number of nitrogens with zero attached hydrogens (tertiary/aromatic N) is 1. The van der Waals surface area contributed by atoms with E-state index < -0.39 is 0 Å². The molecule has 2 aromatic carbocycles. The third kappa shape index (κ3) is 4.05. The Morgan fingerprint density at radius 2 is 1.67 bits per heavy atom. The summed E-state index contributed by atoms with van der Waals surface area (Å²) in [5, 5.41) is 5.92. The van der Waals surface area contributed by atoms with Crippen LogP contribution in [0.3, 0.4) is 0 Å². The molecule has 0 saturated heterocycles. The minimum atomic E-state index is -0.191. The molecule has 0 saturated carbocycles. The summed E-state index contributed by atoms with van der Waals surface area (Å²) >= 11 is 0. The Morgan fingerprint density at radius 3 is 2.37 bits per heavy atom. The van der Waals surface area contributed by atoms with Gasteiger partial charge in [-0.25, -0.2) is 4.79 Å². The summed E-state index contributed by atoms with van der Waals surface area (Å²) in [5.41, 5.74) is 8.89. The molecule has 4 heteroatoms. The number of benzene rings is 2. The highest BCUT2D eigenvalue weighted by Crippen LogP contribution is 2.21. The van der Waals surface area contributed by atoms with Gasteiger partial charge in [0.05, 0.1) is 0 Å². The van der Waals surface area contributed by atoms with Crippen LogP contribution in [0.1, 0.15) is 33.6 Å². The fraction of sp³-hybridized carbons (Fsp3) is 0.261. The van der Waals surface area contributed by atoms with Gasteiger partial charge < -0.3 is 15.2 Å². The van der Waals surface area contributed by atoms with Gasteiger partial charge in [-0.15, -0.1) is 0 Å². The van der Waals surface area contributed by atoms with Crippen LogP contribution in [0.2, 0.25) is 0 Å². The number of carbonyl (C=O) groups excluding carboxylic acids is 1. The molecule has 0 atom stereocenters. The second-order valence-electron chi connectivity index (χ2n) is 7.12. The quantitative estimate of drug-likeness (QED) is 0.647. The lowest BCUT2D eigenvalue weighted by atomic mass is 10.1. The number of hydrogen-bond acceptors (Lipinski definition) is 1. The zero-order valence-electron chi connectivity index (χ0n) is 16.7. The summed E-state index contributed by atoms with van der Waals surface area (Å²) in [6, 6.07) is 16.3. The Hall–Kier alpha value is -3.01. The van der Waals surface area contributed by atoms with Crippen LogP contribution in [0, 0.1) is 34.6 Å². The summed E-state index contributed by atoms with van der Waals surface area (Å²) < 4.78 is 2.22. The van der Waals surface area contributed by atoms with Gasteiger partial charge in [-0.1, -0.05) is 29.8 Å². The first-order chi connectivity index (χ1) is 12.9. The molecule has 2 amide bonds. The molecule has 1 heterocycles. The van der Waals surface area contributed by atoms with E-state index in [0.29, 0.717) is 6.54 Å². The normalized spacial score (nSPS) is 10.7. The molecule has 1 aromatic heterocycles. The third-order valence-electron chi connectivity index (χ3n) is 5.12. The van der Waals surface area contributed by atoms with E-state index in [1.54, 1.807) is 0 Å². The molecule has 4 nitrogen and oxygen atoms in total. The van der Waals surface area contributed by atoms with E-state index in [2.05, 4.69) is 66.3 Å². The van der Waals surface area contributed by atoms with Crippen molar-refractivity contribution in [1.29, 1.82) is 0 Å². The predicted octanol–water partition coefficient (Wildman–Crippen LogP) is 5.34. The molecule has 0 radical (unpaired) electrons. The summed E-state index contributed by atoms with van der Waals surface area (Å²) in [4.78, 5) is 12.3.